The highest BCUT2D eigenvalue weighted by Crippen LogP contribution is 2.24. The van der Waals surface area contributed by atoms with Gasteiger partial charge in [-0.2, -0.15) is 0 Å². The van der Waals surface area contributed by atoms with Gasteiger partial charge in [-0.1, -0.05) is 30.4 Å². The lowest BCUT2D eigenvalue weighted by Gasteiger charge is -2.10. The number of aldehydes is 1. The maximum Gasteiger partial charge on any atom is 0.124 e. The van der Waals surface area contributed by atoms with Crippen LogP contribution in [0.3, 0.4) is 0 Å². The molecule has 0 amide bonds. The summed E-state index contributed by atoms with van der Waals surface area (Å²) < 4.78 is 4.25. The van der Waals surface area contributed by atoms with Crippen LogP contribution in [0, 0.1) is 0 Å². The highest BCUT2D eigenvalue weighted by Gasteiger charge is 2.15. The lowest BCUT2D eigenvalue weighted by molar-refractivity contribution is -0.107. The predicted octanol–water partition coefficient (Wildman–Crippen LogP) is 2.48. The molecule has 102 valence electrons. The van der Waals surface area contributed by atoms with Gasteiger partial charge in [0.15, 0.2) is 0 Å². The molecule has 0 bridgehead atoms. The number of rotatable bonds is 2. The van der Waals surface area contributed by atoms with Crippen LogP contribution in [-0.4, -0.2) is 31.2 Å². The van der Waals surface area contributed by atoms with E-state index in [-0.39, 0.29) is 0 Å². The maximum atomic E-state index is 10.6. The van der Waals surface area contributed by atoms with Crippen molar-refractivity contribution in [1.29, 1.82) is 0 Å². The molecule has 1 aliphatic rings. The van der Waals surface area contributed by atoms with Crippen LogP contribution in [0.25, 0.3) is 12.2 Å². The van der Waals surface area contributed by atoms with Gasteiger partial charge in [-0.3, -0.25) is 0 Å². The zero-order valence-electron chi connectivity index (χ0n) is 11.6. The standard InChI is InChI=1S/C14H14O2.C2H6O/c1-14(16)8-5-11-3-2-4-12(7-10-15)13(11)6-9-14;1-3-2/h2-6,8-10,16H,7H2,1H3;1-2H3. The van der Waals surface area contributed by atoms with Crippen LogP contribution in [0.1, 0.15) is 23.6 Å². The fraction of sp³-hybridized carbons (Fsp3) is 0.312. The van der Waals surface area contributed by atoms with E-state index >= 15 is 0 Å². The fourth-order valence-corrected chi connectivity index (χ4v) is 1.82. The van der Waals surface area contributed by atoms with Crippen molar-refractivity contribution in [3.8, 4) is 0 Å². The fourth-order valence-electron chi connectivity index (χ4n) is 1.82. The van der Waals surface area contributed by atoms with Crippen molar-refractivity contribution in [1.82, 2.24) is 0 Å². The zero-order valence-corrected chi connectivity index (χ0v) is 11.6. The Morgan fingerprint density at radius 2 is 1.89 bits per heavy atom. The molecule has 3 nitrogen and oxygen atoms in total. The summed E-state index contributed by atoms with van der Waals surface area (Å²) in [6, 6.07) is 5.84. The van der Waals surface area contributed by atoms with E-state index in [1.165, 1.54) is 0 Å². The van der Waals surface area contributed by atoms with Crippen LogP contribution in [0.5, 0.6) is 0 Å². The third-order valence-electron chi connectivity index (χ3n) is 2.72. The monoisotopic (exact) mass is 260 g/mol. The molecule has 0 aromatic heterocycles. The lowest BCUT2D eigenvalue weighted by Crippen LogP contribution is -2.15. The van der Waals surface area contributed by atoms with Gasteiger partial charge in [0.2, 0.25) is 0 Å². The molecule has 0 radical (unpaired) electrons. The van der Waals surface area contributed by atoms with Crippen molar-refractivity contribution < 1.29 is 14.6 Å². The second-order valence-corrected chi connectivity index (χ2v) is 4.59. The van der Waals surface area contributed by atoms with E-state index in [0.29, 0.717) is 6.42 Å². The molecule has 3 heteroatoms. The Balaban J connectivity index is 0.000000550. The Morgan fingerprint density at radius 1 is 1.26 bits per heavy atom. The highest BCUT2D eigenvalue weighted by molar-refractivity contribution is 5.73. The average molecular weight is 260 g/mol. The first-order chi connectivity index (χ1) is 9.04. The summed E-state index contributed by atoms with van der Waals surface area (Å²) in [6.45, 7) is 1.73. The van der Waals surface area contributed by atoms with E-state index < -0.39 is 5.60 Å². The topological polar surface area (TPSA) is 46.5 Å². The van der Waals surface area contributed by atoms with E-state index in [1.807, 2.05) is 30.4 Å². The normalized spacial score (nSPS) is 20.0. The summed E-state index contributed by atoms with van der Waals surface area (Å²) in [5.41, 5.74) is 2.13. The van der Waals surface area contributed by atoms with E-state index in [2.05, 4.69) is 4.74 Å². The van der Waals surface area contributed by atoms with Gasteiger partial charge in [0.25, 0.3) is 0 Å². The van der Waals surface area contributed by atoms with Crippen molar-refractivity contribution in [3.63, 3.8) is 0 Å². The largest absolute Gasteiger partial charge is 0.388 e. The number of carbonyl (C=O) groups excluding carboxylic acids is 1. The molecule has 0 saturated heterocycles. The molecule has 1 atom stereocenters. The molecule has 0 heterocycles. The van der Waals surface area contributed by atoms with Crippen molar-refractivity contribution in [2.24, 2.45) is 0 Å². The molecule has 1 aromatic rings. The molecular weight excluding hydrogens is 240 g/mol. The average Bonchev–Trinajstić information content (AvgIpc) is 2.51. The van der Waals surface area contributed by atoms with Gasteiger partial charge < -0.3 is 14.6 Å². The molecule has 1 aromatic carbocycles. The number of fused-ring (bicyclic) bond motifs is 1. The molecule has 1 unspecified atom stereocenters. The summed E-state index contributed by atoms with van der Waals surface area (Å²) in [5.74, 6) is 0. The van der Waals surface area contributed by atoms with E-state index in [9.17, 15) is 9.90 Å². The van der Waals surface area contributed by atoms with Crippen LogP contribution in [0.2, 0.25) is 0 Å². The van der Waals surface area contributed by atoms with E-state index in [0.717, 1.165) is 23.0 Å². The quantitative estimate of drug-likeness (QED) is 0.831. The number of ether oxygens (including phenoxy) is 1. The summed E-state index contributed by atoms with van der Waals surface area (Å²) in [6.07, 6.45) is 8.57. The first-order valence-corrected chi connectivity index (χ1v) is 6.10. The van der Waals surface area contributed by atoms with Crippen molar-refractivity contribution in [2.75, 3.05) is 14.2 Å². The van der Waals surface area contributed by atoms with Crippen molar-refractivity contribution >= 4 is 18.4 Å². The highest BCUT2D eigenvalue weighted by atomic mass is 16.4. The number of benzene rings is 1. The van der Waals surface area contributed by atoms with Gasteiger partial charge in [0.05, 0.1) is 5.60 Å². The number of methoxy groups -OCH3 is 1. The molecule has 0 spiro atoms. The third-order valence-corrected chi connectivity index (χ3v) is 2.72. The minimum atomic E-state index is -0.919. The van der Waals surface area contributed by atoms with Crippen molar-refractivity contribution in [2.45, 2.75) is 18.9 Å². The van der Waals surface area contributed by atoms with Crippen LogP contribution in [0.15, 0.2) is 30.4 Å². The van der Waals surface area contributed by atoms with Crippen molar-refractivity contribution in [3.05, 3.63) is 47.0 Å². The van der Waals surface area contributed by atoms with Gasteiger partial charge >= 0.3 is 0 Å². The summed E-state index contributed by atoms with van der Waals surface area (Å²) in [7, 11) is 3.25. The second-order valence-electron chi connectivity index (χ2n) is 4.59. The van der Waals surface area contributed by atoms with Gasteiger partial charge in [-0.15, -0.1) is 0 Å². The molecule has 0 aliphatic heterocycles. The number of hydrogen-bond acceptors (Lipinski definition) is 3. The molecule has 0 saturated carbocycles. The Kier molecular flexibility index (Phi) is 5.67. The Morgan fingerprint density at radius 3 is 2.53 bits per heavy atom. The number of aliphatic hydroxyl groups is 1. The molecular formula is C16H20O3. The second kappa shape index (κ2) is 7.02. The lowest BCUT2D eigenvalue weighted by atomic mass is 9.99. The molecule has 19 heavy (non-hydrogen) atoms. The zero-order chi connectivity index (χ0) is 14.3. The summed E-state index contributed by atoms with van der Waals surface area (Å²) in [5, 5.41) is 9.90. The first kappa shape index (κ1) is 15.3. The Labute approximate surface area is 114 Å². The first-order valence-electron chi connectivity index (χ1n) is 6.10. The van der Waals surface area contributed by atoms with Gasteiger partial charge in [0.1, 0.15) is 6.29 Å². The predicted molar refractivity (Wildman–Crippen MR) is 77.8 cm³/mol. The summed E-state index contributed by atoms with van der Waals surface area (Å²) in [4.78, 5) is 10.6. The molecule has 1 aliphatic carbocycles. The van der Waals surface area contributed by atoms with Gasteiger partial charge in [-0.25, -0.2) is 0 Å². The minimum absolute atomic E-state index is 0.406. The Hall–Kier alpha value is -1.71. The van der Waals surface area contributed by atoms with Crippen LogP contribution in [0.4, 0.5) is 0 Å². The molecule has 0 fully saturated rings. The van der Waals surface area contributed by atoms with E-state index in [1.54, 1.807) is 33.3 Å². The van der Waals surface area contributed by atoms with Crippen LogP contribution in [-0.2, 0) is 16.0 Å². The van der Waals surface area contributed by atoms with Gasteiger partial charge in [-0.05, 0) is 35.8 Å². The Bertz CT molecular complexity index is 485. The van der Waals surface area contributed by atoms with E-state index in [4.69, 9.17) is 0 Å². The molecule has 1 N–H and O–H groups in total. The summed E-state index contributed by atoms with van der Waals surface area (Å²) >= 11 is 0. The van der Waals surface area contributed by atoms with Crippen LogP contribution < -0.4 is 0 Å². The minimum Gasteiger partial charge on any atom is -0.388 e. The third kappa shape index (κ3) is 4.47. The smallest absolute Gasteiger partial charge is 0.124 e. The number of hydrogen-bond donors (Lipinski definition) is 1. The number of carbonyl (C=O) groups is 1. The van der Waals surface area contributed by atoms with Crippen LogP contribution >= 0.6 is 0 Å². The maximum absolute atomic E-state index is 10.6. The SMILES string of the molecule is CC1(O)C=Cc2cccc(CC=O)c2C=C1.COC. The van der Waals surface area contributed by atoms with Gasteiger partial charge in [0, 0.05) is 20.6 Å². The molecule has 2 rings (SSSR count).